The third-order valence-corrected chi connectivity index (χ3v) is 14.6. The number of hydrogen-bond acceptors (Lipinski definition) is 10. The summed E-state index contributed by atoms with van der Waals surface area (Å²) in [4.78, 5) is 22.7. The first-order chi connectivity index (χ1) is 38.4. The van der Waals surface area contributed by atoms with Crippen LogP contribution in [0.2, 0.25) is 0 Å². The van der Waals surface area contributed by atoms with Crippen LogP contribution in [0.1, 0.15) is 233 Å². The maximum Gasteiger partial charge on any atom is 0.330 e. The zero-order valence-corrected chi connectivity index (χ0v) is 49.4. The van der Waals surface area contributed by atoms with Gasteiger partial charge in [0.25, 0.3) is 0 Å². The van der Waals surface area contributed by atoms with Gasteiger partial charge in [-0.3, -0.25) is 0 Å². The second-order valence-corrected chi connectivity index (χ2v) is 21.3. The molecule has 0 unspecified atom stereocenters. The van der Waals surface area contributed by atoms with Gasteiger partial charge in [-0.15, -0.1) is 0 Å². The van der Waals surface area contributed by atoms with Gasteiger partial charge in [-0.2, -0.15) is 0 Å². The van der Waals surface area contributed by atoms with Crippen LogP contribution in [0, 0.1) is 0 Å². The van der Waals surface area contributed by atoms with Crippen molar-refractivity contribution in [2.45, 2.75) is 233 Å². The first kappa shape index (κ1) is 65.4. The molecule has 4 aromatic rings. The minimum absolute atomic E-state index is 0.346. The lowest BCUT2D eigenvalue weighted by Crippen LogP contribution is -2.05. The molecule has 10 heteroatoms. The summed E-state index contributed by atoms with van der Waals surface area (Å²) in [6.45, 7) is 20.6. The van der Waals surface area contributed by atoms with Crippen molar-refractivity contribution in [2.24, 2.45) is 0 Å². The molecule has 0 heterocycles. The Bertz CT molecular complexity index is 2130. The maximum atomic E-state index is 11.3. The van der Waals surface area contributed by atoms with Gasteiger partial charge in [0.2, 0.25) is 0 Å². The highest BCUT2D eigenvalue weighted by Crippen LogP contribution is 2.47. The molecule has 0 N–H and O–H groups in total. The van der Waals surface area contributed by atoms with Crippen LogP contribution in [-0.4, -0.2) is 64.8 Å². The zero-order valence-electron chi connectivity index (χ0n) is 49.4. The van der Waals surface area contributed by atoms with Gasteiger partial charge >= 0.3 is 11.9 Å². The molecule has 78 heavy (non-hydrogen) atoms. The van der Waals surface area contributed by atoms with Crippen LogP contribution in [-0.2, 0) is 19.1 Å². The van der Waals surface area contributed by atoms with E-state index in [-0.39, 0.29) is 11.9 Å². The molecule has 0 amide bonds. The van der Waals surface area contributed by atoms with E-state index < -0.39 is 0 Å². The maximum absolute atomic E-state index is 11.3. The molecule has 10 nitrogen and oxygen atoms in total. The van der Waals surface area contributed by atoms with Crippen molar-refractivity contribution in [2.75, 3.05) is 52.9 Å². The average molecular weight is 1080 g/mol. The molecule has 0 aromatic heterocycles. The number of fused-ring (bicyclic) bond motifs is 6. The average Bonchev–Trinajstić information content (AvgIpc) is 3.65. The highest BCUT2D eigenvalue weighted by molar-refractivity contribution is 6.26. The van der Waals surface area contributed by atoms with E-state index in [2.05, 4.69) is 77.3 Å². The molecule has 0 radical (unpaired) electrons. The van der Waals surface area contributed by atoms with Gasteiger partial charge in [0.15, 0.2) is 34.5 Å². The first-order valence-electron chi connectivity index (χ1n) is 31.3. The van der Waals surface area contributed by atoms with Crippen LogP contribution in [0.15, 0.2) is 61.7 Å². The summed E-state index contributed by atoms with van der Waals surface area (Å²) in [5.41, 5.74) is 0. The Labute approximate surface area is 472 Å². The second-order valence-electron chi connectivity index (χ2n) is 21.3. The Hall–Kier alpha value is -5.12. The predicted octanol–water partition coefficient (Wildman–Crippen LogP) is 19.4. The molecule has 0 saturated carbocycles. The largest absolute Gasteiger partial charge is 0.490 e. The third-order valence-electron chi connectivity index (χ3n) is 14.6. The zero-order chi connectivity index (χ0) is 55.7. The summed E-state index contributed by atoms with van der Waals surface area (Å²) < 4.78 is 50.7. The molecular formula is C68H104O10. The summed E-state index contributed by atoms with van der Waals surface area (Å²) >= 11 is 0. The number of hydrogen-bond donors (Lipinski definition) is 0. The van der Waals surface area contributed by atoms with Crippen LogP contribution >= 0.6 is 0 Å². The third kappa shape index (κ3) is 25.3. The van der Waals surface area contributed by atoms with Gasteiger partial charge in [-0.05, 0) is 120 Å². The van der Waals surface area contributed by atoms with Crippen molar-refractivity contribution in [3.8, 4) is 34.5 Å². The van der Waals surface area contributed by atoms with Crippen molar-refractivity contribution in [1.82, 2.24) is 0 Å². The molecule has 4 aromatic carbocycles. The normalized spacial score (nSPS) is 11.3. The fourth-order valence-electron chi connectivity index (χ4n) is 9.89. The second kappa shape index (κ2) is 41.9. The summed E-state index contributed by atoms with van der Waals surface area (Å²) in [5, 5.41) is 6.47. The minimum atomic E-state index is -0.346. The molecule has 0 aliphatic carbocycles. The summed E-state index contributed by atoms with van der Waals surface area (Å²) in [7, 11) is 0. The van der Waals surface area contributed by atoms with E-state index in [9.17, 15) is 9.59 Å². The number of benzene rings is 4. The van der Waals surface area contributed by atoms with Gasteiger partial charge in [0.1, 0.15) is 0 Å². The quantitative estimate of drug-likeness (QED) is 0.0184. The lowest BCUT2D eigenvalue weighted by atomic mass is 9.93. The van der Waals surface area contributed by atoms with E-state index in [1.54, 1.807) is 0 Å². The lowest BCUT2D eigenvalue weighted by molar-refractivity contribution is -0.138. The van der Waals surface area contributed by atoms with Gasteiger partial charge in [0.05, 0.1) is 52.9 Å². The Morgan fingerprint density at radius 3 is 0.628 bits per heavy atom. The molecular weight excluding hydrogens is 977 g/mol. The molecule has 0 aliphatic heterocycles. The van der Waals surface area contributed by atoms with Gasteiger partial charge < -0.3 is 37.9 Å². The number of rotatable bonds is 50. The van der Waals surface area contributed by atoms with E-state index in [0.717, 1.165) is 195 Å². The molecule has 0 spiro atoms. The highest BCUT2D eigenvalue weighted by atomic mass is 16.5. The number of esters is 2. The van der Waals surface area contributed by atoms with Crippen molar-refractivity contribution in [3.63, 3.8) is 0 Å². The smallest absolute Gasteiger partial charge is 0.330 e. The van der Waals surface area contributed by atoms with Crippen LogP contribution in [0.4, 0.5) is 0 Å². The van der Waals surface area contributed by atoms with Gasteiger partial charge in [-0.1, -0.05) is 195 Å². The van der Waals surface area contributed by atoms with Crippen molar-refractivity contribution >= 4 is 44.3 Å². The van der Waals surface area contributed by atoms with Crippen LogP contribution in [0.5, 0.6) is 34.5 Å². The van der Waals surface area contributed by atoms with Gasteiger partial charge in [0, 0.05) is 12.2 Å². The predicted molar refractivity (Wildman–Crippen MR) is 325 cm³/mol. The molecule has 0 aliphatic rings. The molecule has 0 saturated heterocycles. The summed E-state index contributed by atoms with van der Waals surface area (Å²) in [6, 6.07) is 13.3. The first-order valence-corrected chi connectivity index (χ1v) is 31.3. The van der Waals surface area contributed by atoms with Crippen molar-refractivity contribution in [1.29, 1.82) is 0 Å². The molecule has 4 rings (SSSR count). The fraction of sp³-hybridized carbons (Fsp3) is 0.647. The Morgan fingerprint density at radius 1 is 0.282 bits per heavy atom. The Kier molecular flexibility index (Phi) is 35.1. The van der Waals surface area contributed by atoms with Crippen LogP contribution in [0.25, 0.3) is 32.3 Å². The number of ether oxygens (including phenoxy) is 8. The van der Waals surface area contributed by atoms with E-state index in [1.807, 2.05) is 0 Å². The van der Waals surface area contributed by atoms with E-state index in [0.29, 0.717) is 52.9 Å². The van der Waals surface area contributed by atoms with Crippen molar-refractivity contribution in [3.05, 3.63) is 61.7 Å². The SMILES string of the molecule is C=CC(=O)OCCCCCCCCCCOc1cc2c(cc1OCCCCCC)c1cc(OCCCCCC)c(OCCCCCC)cc1c1cc(OCCCCCC)c(OCCCCCCCCCCOC(=O)C=C)cc12. The standard InChI is InChI=1S/C68H104O10/c1-7-13-17-33-41-71-61-49-55-56(50-62(61)72-42-34-18-14-8-2)58-52-64(74-44-36-20-16-10-4)66(76-46-38-30-26-22-24-28-32-40-48-78-68(70)12-6)54-60(58)59-53-65(63(51-57(55)59)73-43-35-19-15-9-3)75-45-37-29-25-21-23-27-31-39-47-77-67(69)11-5/h11-12,49-54H,5-10,13-48H2,1-4H3. The van der Waals surface area contributed by atoms with Gasteiger partial charge in [-0.25, -0.2) is 9.59 Å². The van der Waals surface area contributed by atoms with E-state index >= 15 is 0 Å². The number of carbonyl (C=O) groups excluding carboxylic acids is 2. The highest BCUT2D eigenvalue weighted by Gasteiger charge is 2.21. The summed E-state index contributed by atoms with van der Waals surface area (Å²) in [6.07, 6.45) is 37.6. The molecule has 0 atom stereocenters. The van der Waals surface area contributed by atoms with Crippen LogP contribution < -0.4 is 28.4 Å². The lowest BCUT2D eigenvalue weighted by Gasteiger charge is -2.21. The monoisotopic (exact) mass is 1080 g/mol. The summed E-state index contributed by atoms with van der Waals surface area (Å²) in [5.74, 6) is 3.96. The fourth-order valence-corrected chi connectivity index (χ4v) is 9.89. The Balaban J connectivity index is 1.72. The minimum Gasteiger partial charge on any atom is -0.490 e. The van der Waals surface area contributed by atoms with Crippen molar-refractivity contribution < 1.29 is 47.5 Å². The number of carbonyl (C=O) groups is 2. The van der Waals surface area contributed by atoms with E-state index in [1.165, 1.54) is 89.2 Å². The van der Waals surface area contributed by atoms with Crippen LogP contribution in [0.3, 0.4) is 0 Å². The molecule has 0 bridgehead atoms. The number of unbranched alkanes of at least 4 members (excludes halogenated alkanes) is 26. The topological polar surface area (TPSA) is 108 Å². The van der Waals surface area contributed by atoms with E-state index in [4.69, 9.17) is 37.9 Å². The Morgan fingerprint density at radius 2 is 0.449 bits per heavy atom. The molecule has 0 fully saturated rings. The molecule has 436 valence electrons.